The van der Waals surface area contributed by atoms with E-state index < -0.39 is 24.7 Å². The van der Waals surface area contributed by atoms with Crippen LogP contribution in [-0.2, 0) is 10.7 Å². The second-order valence-corrected chi connectivity index (χ2v) is 5.60. The highest BCUT2D eigenvalue weighted by atomic mass is 79.9. The van der Waals surface area contributed by atoms with Crippen LogP contribution in [0.15, 0.2) is 28.1 Å². The van der Waals surface area contributed by atoms with Crippen molar-refractivity contribution < 1.29 is 18.7 Å². The molecule has 1 heterocycles. The van der Waals surface area contributed by atoms with Gasteiger partial charge in [0.25, 0.3) is 5.92 Å². The summed E-state index contributed by atoms with van der Waals surface area (Å²) in [6, 6.07) is 5.11. The van der Waals surface area contributed by atoms with Gasteiger partial charge in [0.15, 0.2) is 0 Å². The fraction of sp³-hybridized carbons (Fsp3) is 0.250. The minimum atomic E-state index is -3.11. The zero-order valence-electron chi connectivity index (χ0n) is 9.12. The number of benzene rings is 1. The van der Waals surface area contributed by atoms with Gasteiger partial charge in [-0.25, -0.2) is 8.78 Å². The Hall–Kier alpha value is -1.01. The van der Waals surface area contributed by atoms with Crippen molar-refractivity contribution in [2.75, 3.05) is 0 Å². The number of aliphatic carboxylic acids is 1. The van der Waals surface area contributed by atoms with Gasteiger partial charge in [-0.15, -0.1) is 11.3 Å². The van der Waals surface area contributed by atoms with Crippen molar-refractivity contribution in [2.45, 2.75) is 18.8 Å². The summed E-state index contributed by atoms with van der Waals surface area (Å²) in [4.78, 5) is 10.4. The zero-order chi connectivity index (χ0) is 13.3. The Morgan fingerprint density at radius 2 is 2.17 bits per heavy atom. The molecule has 2 rings (SSSR count). The van der Waals surface area contributed by atoms with Gasteiger partial charge in [-0.3, -0.25) is 4.79 Å². The molecule has 2 nitrogen and oxygen atoms in total. The first kappa shape index (κ1) is 13.4. The van der Waals surface area contributed by atoms with Gasteiger partial charge in [0.05, 0.1) is 6.42 Å². The Bertz CT molecular complexity index is 595. The first-order valence-corrected chi connectivity index (χ1v) is 6.85. The molecule has 0 aliphatic rings. The van der Waals surface area contributed by atoms with Crippen LogP contribution in [0.25, 0.3) is 10.1 Å². The van der Waals surface area contributed by atoms with Crippen LogP contribution in [-0.4, -0.2) is 11.1 Å². The van der Waals surface area contributed by atoms with Crippen molar-refractivity contribution in [1.82, 2.24) is 0 Å². The lowest BCUT2D eigenvalue weighted by molar-refractivity contribution is -0.139. The minimum Gasteiger partial charge on any atom is -0.481 e. The van der Waals surface area contributed by atoms with E-state index >= 15 is 0 Å². The summed E-state index contributed by atoms with van der Waals surface area (Å²) in [6.45, 7) is 0. The third-order valence-electron chi connectivity index (χ3n) is 2.60. The number of carboxylic acid groups (broad SMARTS) is 1. The van der Waals surface area contributed by atoms with Crippen molar-refractivity contribution in [2.24, 2.45) is 0 Å². The molecule has 0 saturated carbocycles. The molecule has 0 aliphatic carbocycles. The highest BCUT2D eigenvalue weighted by Crippen LogP contribution is 2.42. The van der Waals surface area contributed by atoms with Gasteiger partial charge in [-0.2, -0.15) is 0 Å². The first-order chi connectivity index (χ1) is 8.42. The number of hydrogen-bond acceptors (Lipinski definition) is 2. The number of carbonyl (C=O) groups is 1. The third-order valence-corrected chi connectivity index (χ3v) is 4.55. The van der Waals surface area contributed by atoms with E-state index in [1.54, 1.807) is 18.2 Å². The van der Waals surface area contributed by atoms with Gasteiger partial charge in [0.2, 0.25) is 0 Å². The van der Waals surface area contributed by atoms with E-state index in [1.165, 1.54) is 16.7 Å². The monoisotopic (exact) mass is 334 g/mol. The summed E-state index contributed by atoms with van der Waals surface area (Å²) in [5, 5.41) is 10.4. The average Bonchev–Trinajstić information content (AvgIpc) is 2.72. The molecule has 1 N–H and O–H groups in total. The van der Waals surface area contributed by atoms with Gasteiger partial charge < -0.3 is 5.11 Å². The molecule has 2 aromatic rings. The smallest absolute Gasteiger partial charge is 0.303 e. The maximum Gasteiger partial charge on any atom is 0.303 e. The fourth-order valence-electron chi connectivity index (χ4n) is 1.70. The van der Waals surface area contributed by atoms with Crippen LogP contribution < -0.4 is 0 Å². The third kappa shape index (κ3) is 2.54. The lowest BCUT2D eigenvalue weighted by Crippen LogP contribution is -2.14. The molecular weight excluding hydrogens is 326 g/mol. The molecule has 1 aromatic heterocycles. The summed E-state index contributed by atoms with van der Waals surface area (Å²) in [7, 11) is 0. The number of rotatable bonds is 4. The van der Waals surface area contributed by atoms with Gasteiger partial charge >= 0.3 is 5.97 Å². The number of halogens is 3. The second kappa shape index (κ2) is 4.93. The van der Waals surface area contributed by atoms with E-state index in [-0.39, 0.29) is 5.56 Å². The van der Waals surface area contributed by atoms with E-state index in [4.69, 9.17) is 5.11 Å². The molecule has 1 aromatic carbocycles. The van der Waals surface area contributed by atoms with Gasteiger partial charge in [0.1, 0.15) is 0 Å². The van der Waals surface area contributed by atoms with Crippen LogP contribution in [0.4, 0.5) is 8.78 Å². The van der Waals surface area contributed by atoms with Crippen LogP contribution in [0.5, 0.6) is 0 Å². The van der Waals surface area contributed by atoms with Crippen molar-refractivity contribution in [3.63, 3.8) is 0 Å². The molecule has 0 amide bonds. The molecule has 0 aliphatic heterocycles. The Balaban J connectivity index is 2.41. The second-order valence-electron chi connectivity index (χ2n) is 3.86. The predicted octanol–water partition coefficient (Wildman–Crippen LogP) is 4.62. The maximum atomic E-state index is 13.9. The molecule has 0 radical (unpaired) electrons. The number of carboxylic acids is 1. The average molecular weight is 335 g/mol. The molecule has 0 unspecified atom stereocenters. The summed E-state index contributed by atoms with van der Waals surface area (Å²) >= 11 is 4.54. The molecule has 0 spiro atoms. The maximum absolute atomic E-state index is 13.9. The lowest BCUT2D eigenvalue weighted by Gasteiger charge is -2.14. The summed E-state index contributed by atoms with van der Waals surface area (Å²) < 4.78 is 29.4. The van der Waals surface area contributed by atoms with Crippen LogP contribution in [0.2, 0.25) is 0 Å². The molecular formula is C12H9BrF2O2S. The van der Waals surface area contributed by atoms with Gasteiger partial charge in [-0.05, 0) is 22.0 Å². The van der Waals surface area contributed by atoms with Crippen molar-refractivity contribution >= 4 is 43.3 Å². The van der Waals surface area contributed by atoms with E-state index in [9.17, 15) is 13.6 Å². The number of alkyl halides is 2. The minimum absolute atomic E-state index is 0.0925. The first-order valence-electron chi connectivity index (χ1n) is 5.17. The molecule has 18 heavy (non-hydrogen) atoms. The Morgan fingerprint density at radius 3 is 2.83 bits per heavy atom. The molecule has 6 heteroatoms. The number of thiophene rings is 1. The van der Waals surface area contributed by atoms with Crippen LogP contribution in [0, 0.1) is 0 Å². The van der Waals surface area contributed by atoms with Crippen molar-refractivity contribution in [3.05, 3.63) is 33.6 Å². The van der Waals surface area contributed by atoms with E-state index in [0.717, 1.165) is 9.17 Å². The summed E-state index contributed by atoms with van der Waals surface area (Å²) in [5.41, 5.74) is -0.0925. The molecule has 0 atom stereocenters. The molecule has 0 fully saturated rings. The predicted molar refractivity (Wildman–Crippen MR) is 70.3 cm³/mol. The van der Waals surface area contributed by atoms with Crippen LogP contribution in [0.3, 0.4) is 0 Å². The van der Waals surface area contributed by atoms with Crippen LogP contribution >= 0.6 is 27.3 Å². The molecule has 0 bridgehead atoms. The highest BCUT2D eigenvalue weighted by Gasteiger charge is 2.34. The largest absolute Gasteiger partial charge is 0.481 e. The summed E-state index contributed by atoms with van der Waals surface area (Å²) in [6.07, 6.45) is -1.22. The Labute approximate surface area is 114 Å². The van der Waals surface area contributed by atoms with Crippen molar-refractivity contribution in [3.8, 4) is 0 Å². The standard InChI is InChI=1S/C12H9BrF2O2S/c13-9-3-1-2-7-8(6-18-11(7)9)12(14,15)5-4-10(16)17/h1-3,6H,4-5H2,(H,16,17). The highest BCUT2D eigenvalue weighted by molar-refractivity contribution is 9.10. The van der Waals surface area contributed by atoms with E-state index in [1.807, 2.05) is 0 Å². The Kier molecular flexibility index (Phi) is 3.68. The van der Waals surface area contributed by atoms with Crippen molar-refractivity contribution in [1.29, 1.82) is 0 Å². The zero-order valence-corrected chi connectivity index (χ0v) is 11.5. The van der Waals surface area contributed by atoms with Crippen LogP contribution in [0.1, 0.15) is 18.4 Å². The quantitative estimate of drug-likeness (QED) is 0.885. The topological polar surface area (TPSA) is 37.3 Å². The normalized spacial score (nSPS) is 11.9. The number of fused-ring (bicyclic) bond motifs is 1. The fourth-order valence-corrected chi connectivity index (χ4v) is 3.37. The van der Waals surface area contributed by atoms with E-state index in [2.05, 4.69) is 15.9 Å². The van der Waals surface area contributed by atoms with Gasteiger partial charge in [-0.1, -0.05) is 12.1 Å². The van der Waals surface area contributed by atoms with E-state index in [0.29, 0.717) is 5.39 Å². The summed E-state index contributed by atoms with van der Waals surface area (Å²) in [5.74, 6) is -4.33. The lowest BCUT2D eigenvalue weighted by atomic mass is 10.0. The number of hydrogen-bond donors (Lipinski definition) is 1. The molecule has 96 valence electrons. The SMILES string of the molecule is O=C(O)CCC(F)(F)c1csc2c(Br)cccc12. The Morgan fingerprint density at radius 1 is 1.44 bits per heavy atom. The van der Waals surface area contributed by atoms with Gasteiger partial charge in [0, 0.05) is 31.9 Å². The molecule has 0 saturated heterocycles.